The van der Waals surface area contributed by atoms with E-state index >= 15 is 0 Å². The highest BCUT2D eigenvalue weighted by Crippen LogP contribution is 2.29. The number of nitrogens with one attached hydrogen (secondary N) is 1. The van der Waals surface area contributed by atoms with Gasteiger partial charge in [-0.25, -0.2) is 13.8 Å². The molecule has 4 nitrogen and oxygen atoms in total. The smallest absolute Gasteiger partial charge is 0.271 e. The molecule has 1 N–H and O–H groups in total. The Hall–Kier alpha value is -2.80. The second kappa shape index (κ2) is 8.05. The molecule has 1 amide bonds. The number of thiazole rings is 1. The fraction of sp³-hybridized carbons (Fsp3) is 0.158. The van der Waals surface area contributed by atoms with Gasteiger partial charge in [-0.1, -0.05) is 12.1 Å². The SMILES string of the molecule is CCOc1ccc(-c2nc(C(=O)NCc3cccc(F)c3)cs2)c(F)c1. The minimum atomic E-state index is -0.461. The number of carbonyl (C=O) groups is 1. The van der Waals surface area contributed by atoms with Crippen LogP contribution in [0.1, 0.15) is 23.0 Å². The van der Waals surface area contributed by atoms with E-state index in [9.17, 15) is 13.6 Å². The Morgan fingerprint density at radius 2 is 2.08 bits per heavy atom. The molecule has 26 heavy (non-hydrogen) atoms. The van der Waals surface area contributed by atoms with Crippen LogP contribution in [-0.4, -0.2) is 17.5 Å². The molecular weight excluding hydrogens is 358 g/mol. The molecule has 0 unspecified atom stereocenters. The predicted octanol–water partition coefficient (Wildman–Crippen LogP) is 4.42. The summed E-state index contributed by atoms with van der Waals surface area (Å²) in [5.74, 6) is -0.780. The second-order valence-corrected chi connectivity index (χ2v) is 6.28. The third-order valence-corrected chi connectivity index (χ3v) is 4.44. The average Bonchev–Trinajstić information content (AvgIpc) is 3.10. The quantitative estimate of drug-likeness (QED) is 0.695. The van der Waals surface area contributed by atoms with E-state index in [4.69, 9.17) is 4.74 Å². The third-order valence-electron chi connectivity index (χ3n) is 3.56. The molecule has 0 atom stereocenters. The molecule has 0 aliphatic carbocycles. The van der Waals surface area contributed by atoms with Gasteiger partial charge in [-0.05, 0) is 36.8 Å². The zero-order valence-corrected chi connectivity index (χ0v) is 14.8. The van der Waals surface area contributed by atoms with Gasteiger partial charge in [0.25, 0.3) is 5.91 Å². The first-order chi connectivity index (χ1) is 12.6. The first kappa shape index (κ1) is 18.0. The van der Waals surface area contributed by atoms with Crippen molar-refractivity contribution in [1.82, 2.24) is 10.3 Å². The fourth-order valence-corrected chi connectivity index (χ4v) is 3.17. The van der Waals surface area contributed by atoms with Gasteiger partial charge in [0.2, 0.25) is 0 Å². The van der Waals surface area contributed by atoms with E-state index in [-0.39, 0.29) is 18.1 Å². The van der Waals surface area contributed by atoms with Crippen LogP contribution in [0.25, 0.3) is 10.6 Å². The van der Waals surface area contributed by atoms with E-state index in [1.165, 1.54) is 29.5 Å². The summed E-state index contributed by atoms with van der Waals surface area (Å²) in [5.41, 5.74) is 1.14. The van der Waals surface area contributed by atoms with Crippen LogP contribution in [0.15, 0.2) is 47.8 Å². The number of hydrogen-bond acceptors (Lipinski definition) is 4. The standard InChI is InChI=1S/C19H16F2N2O2S/c1-2-25-14-6-7-15(16(21)9-14)19-23-17(11-26-19)18(24)22-10-12-4-3-5-13(20)8-12/h3-9,11H,2,10H2,1H3,(H,22,24). The summed E-state index contributed by atoms with van der Waals surface area (Å²) in [4.78, 5) is 16.4. The Kier molecular flexibility index (Phi) is 5.58. The minimum Gasteiger partial charge on any atom is -0.494 e. The number of carbonyl (C=O) groups excluding carboxylic acids is 1. The Balaban J connectivity index is 1.70. The summed E-state index contributed by atoms with van der Waals surface area (Å²) in [6.45, 7) is 2.45. The van der Waals surface area contributed by atoms with Gasteiger partial charge >= 0.3 is 0 Å². The molecule has 3 aromatic rings. The summed E-state index contributed by atoms with van der Waals surface area (Å²) in [6, 6.07) is 10.5. The normalized spacial score (nSPS) is 10.6. The molecule has 3 rings (SSSR count). The Labute approximate surface area is 153 Å². The Morgan fingerprint density at radius 3 is 2.81 bits per heavy atom. The third kappa shape index (κ3) is 4.23. The van der Waals surface area contributed by atoms with E-state index in [0.717, 1.165) is 0 Å². The van der Waals surface area contributed by atoms with Crippen molar-refractivity contribution in [2.24, 2.45) is 0 Å². The first-order valence-electron chi connectivity index (χ1n) is 7.97. The maximum Gasteiger partial charge on any atom is 0.271 e. The van der Waals surface area contributed by atoms with Crippen molar-refractivity contribution in [2.45, 2.75) is 13.5 Å². The number of nitrogens with zero attached hydrogens (tertiary/aromatic N) is 1. The molecule has 0 aliphatic rings. The molecule has 1 aromatic heterocycles. The topological polar surface area (TPSA) is 51.2 Å². The predicted molar refractivity (Wildman–Crippen MR) is 96.2 cm³/mol. The average molecular weight is 374 g/mol. The van der Waals surface area contributed by atoms with Crippen molar-refractivity contribution in [3.8, 4) is 16.3 Å². The van der Waals surface area contributed by atoms with Crippen LogP contribution in [0.3, 0.4) is 0 Å². The molecule has 0 fully saturated rings. The number of hydrogen-bond donors (Lipinski definition) is 1. The van der Waals surface area contributed by atoms with Crippen molar-refractivity contribution in [3.63, 3.8) is 0 Å². The van der Waals surface area contributed by atoms with Crippen LogP contribution in [-0.2, 0) is 6.54 Å². The highest BCUT2D eigenvalue weighted by Gasteiger charge is 2.15. The van der Waals surface area contributed by atoms with Gasteiger partial charge in [-0.15, -0.1) is 11.3 Å². The van der Waals surface area contributed by atoms with E-state index in [1.54, 1.807) is 29.6 Å². The lowest BCUT2D eigenvalue weighted by Gasteiger charge is -2.05. The van der Waals surface area contributed by atoms with Crippen LogP contribution in [0.4, 0.5) is 8.78 Å². The van der Waals surface area contributed by atoms with Crippen LogP contribution in [0.5, 0.6) is 5.75 Å². The molecule has 0 spiro atoms. The highest BCUT2D eigenvalue weighted by molar-refractivity contribution is 7.13. The number of rotatable bonds is 6. The van der Waals surface area contributed by atoms with E-state index in [0.29, 0.717) is 28.5 Å². The summed E-state index contributed by atoms with van der Waals surface area (Å²) >= 11 is 1.18. The zero-order chi connectivity index (χ0) is 18.5. The van der Waals surface area contributed by atoms with Crippen molar-refractivity contribution in [1.29, 1.82) is 0 Å². The molecule has 7 heteroatoms. The van der Waals surface area contributed by atoms with E-state index < -0.39 is 11.7 Å². The molecule has 0 bridgehead atoms. The lowest BCUT2D eigenvalue weighted by molar-refractivity contribution is 0.0946. The van der Waals surface area contributed by atoms with Crippen molar-refractivity contribution in [3.05, 3.63) is 70.7 Å². The van der Waals surface area contributed by atoms with Gasteiger partial charge in [-0.2, -0.15) is 0 Å². The fourth-order valence-electron chi connectivity index (χ4n) is 2.35. The molecule has 0 aliphatic heterocycles. The number of ether oxygens (including phenoxy) is 1. The van der Waals surface area contributed by atoms with Crippen molar-refractivity contribution < 1.29 is 18.3 Å². The van der Waals surface area contributed by atoms with E-state index in [2.05, 4.69) is 10.3 Å². The van der Waals surface area contributed by atoms with Crippen LogP contribution < -0.4 is 10.1 Å². The summed E-state index contributed by atoms with van der Waals surface area (Å²) in [5, 5.41) is 4.64. The molecule has 2 aromatic carbocycles. The van der Waals surface area contributed by atoms with Crippen molar-refractivity contribution >= 4 is 17.2 Å². The minimum absolute atomic E-state index is 0.181. The molecule has 0 saturated carbocycles. The number of halogens is 2. The number of aromatic nitrogens is 1. The monoisotopic (exact) mass is 374 g/mol. The molecular formula is C19H16F2N2O2S. The lowest BCUT2D eigenvalue weighted by Crippen LogP contribution is -2.23. The second-order valence-electron chi connectivity index (χ2n) is 5.43. The lowest BCUT2D eigenvalue weighted by atomic mass is 10.2. The van der Waals surface area contributed by atoms with Crippen LogP contribution in [0.2, 0.25) is 0 Å². The van der Waals surface area contributed by atoms with Crippen LogP contribution >= 0.6 is 11.3 Å². The number of benzene rings is 2. The van der Waals surface area contributed by atoms with Gasteiger partial charge in [-0.3, -0.25) is 4.79 Å². The molecule has 134 valence electrons. The van der Waals surface area contributed by atoms with Gasteiger partial charge in [0.15, 0.2) is 0 Å². The van der Waals surface area contributed by atoms with Gasteiger partial charge in [0.1, 0.15) is 28.1 Å². The Morgan fingerprint density at radius 1 is 1.23 bits per heavy atom. The van der Waals surface area contributed by atoms with Gasteiger partial charge in [0.05, 0.1) is 6.61 Å². The van der Waals surface area contributed by atoms with Crippen LogP contribution in [0, 0.1) is 11.6 Å². The van der Waals surface area contributed by atoms with Gasteiger partial charge < -0.3 is 10.1 Å². The highest BCUT2D eigenvalue weighted by atomic mass is 32.1. The largest absolute Gasteiger partial charge is 0.494 e. The summed E-state index contributed by atoms with van der Waals surface area (Å²) in [6.07, 6.45) is 0. The number of amides is 1. The summed E-state index contributed by atoms with van der Waals surface area (Å²) in [7, 11) is 0. The molecule has 1 heterocycles. The zero-order valence-electron chi connectivity index (χ0n) is 14.0. The summed E-state index contributed by atoms with van der Waals surface area (Å²) < 4.78 is 32.6. The molecule has 0 saturated heterocycles. The maximum absolute atomic E-state index is 14.2. The van der Waals surface area contributed by atoms with E-state index in [1.807, 2.05) is 6.92 Å². The maximum atomic E-state index is 14.2. The van der Waals surface area contributed by atoms with Gasteiger partial charge in [0, 0.05) is 23.6 Å². The van der Waals surface area contributed by atoms with Crippen molar-refractivity contribution in [2.75, 3.05) is 6.61 Å². The molecule has 0 radical (unpaired) electrons. The first-order valence-corrected chi connectivity index (χ1v) is 8.85. The Bertz CT molecular complexity index is 927.